The van der Waals surface area contributed by atoms with Crippen molar-refractivity contribution in [2.75, 3.05) is 13.1 Å². The average molecular weight is 285 g/mol. The van der Waals surface area contributed by atoms with Crippen LogP contribution in [0.5, 0.6) is 0 Å². The van der Waals surface area contributed by atoms with Gasteiger partial charge in [-0.3, -0.25) is 0 Å². The first kappa shape index (κ1) is 14.5. The monoisotopic (exact) mass is 284 g/mol. The molecule has 0 radical (unpaired) electrons. The summed E-state index contributed by atoms with van der Waals surface area (Å²) in [4.78, 5) is 11.4. The van der Waals surface area contributed by atoms with E-state index in [1.54, 1.807) is 0 Å². The van der Waals surface area contributed by atoms with Gasteiger partial charge in [0.2, 0.25) is 0 Å². The summed E-state index contributed by atoms with van der Waals surface area (Å²) in [5, 5.41) is 2.64. The van der Waals surface area contributed by atoms with Crippen LogP contribution < -0.4 is 5.32 Å². The molecule has 1 N–H and O–H groups in total. The number of hydrogen-bond acceptors (Lipinski definition) is 4. The normalized spacial score (nSPS) is 22.5. The number of nitrogens with zero attached hydrogens (tertiary/aromatic N) is 1. The van der Waals surface area contributed by atoms with Gasteiger partial charge in [-0.2, -0.15) is 12.7 Å². The van der Waals surface area contributed by atoms with E-state index in [9.17, 15) is 13.2 Å². The van der Waals surface area contributed by atoms with Crippen molar-refractivity contribution in [1.29, 1.82) is 0 Å². The third kappa shape index (κ3) is 5.10. The van der Waals surface area contributed by atoms with Crippen molar-refractivity contribution in [2.45, 2.75) is 38.8 Å². The lowest BCUT2D eigenvalue weighted by Crippen LogP contribution is -2.42. The highest BCUT2D eigenvalue weighted by Gasteiger charge is 2.32. The molecule has 6 nitrogen and oxygen atoms in total. The van der Waals surface area contributed by atoms with E-state index in [1.165, 1.54) is 0 Å². The van der Waals surface area contributed by atoms with Crippen molar-refractivity contribution in [3.8, 4) is 0 Å². The summed E-state index contributed by atoms with van der Waals surface area (Å²) in [5.41, 5.74) is -0.381. The van der Waals surface area contributed by atoms with Crippen LogP contribution >= 0.6 is 10.7 Å². The van der Waals surface area contributed by atoms with E-state index in [0.717, 1.165) is 4.31 Å². The minimum absolute atomic E-state index is 0.114. The van der Waals surface area contributed by atoms with Gasteiger partial charge in [-0.1, -0.05) is 0 Å². The van der Waals surface area contributed by atoms with Gasteiger partial charge in [-0.05, 0) is 27.2 Å². The lowest BCUT2D eigenvalue weighted by molar-refractivity contribution is 0.0979. The second-order valence-electron chi connectivity index (χ2n) is 4.99. The lowest BCUT2D eigenvalue weighted by Gasteiger charge is -2.21. The first-order valence-corrected chi connectivity index (χ1v) is 7.53. The Balaban J connectivity index is 2.44. The highest BCUT2D eigenvalue weighted by Crippen LogP contribution is 2.18. The topological polar surface area (TPSA) is 75.7 Å². The summed E-state index contributed by atoms with van der Waals surface area (Å²) in [5.74, 6) is 0. The van der Waals surface area contributed by atoms with Crippen LogP contribution in [0.15, 0.2) is 0 Å². The first-order valence-electron chi connectivity index (χ1n) is 5.26. The molecule has 0 aliphatic carbocycles. The van der Waals surface area contributed by atoms with Gasteiger partial charge in [0.25, 0.3) is 9.24 Å². The van der Waals surface area contributed by atoms with Crippen LogP contribution in [0.1, 0.15) is 27.2 Å². The Morgan fingerprint density at radius 2 is 2.06 bits per heavy atom. The van der Waals surface area contributed by atoms with Crippen LogP contribution in [0.3, 0.4) is 0 Å². The minimum Gasteiger partial charge on any atom is -0.445 e. The number of amides is 1. The molecule has 1 aliphatic rings. The predicted octanol–water partition coefficient (Wildman–Crippen LogP) is 1.07. The number of halogens is 1. The summed E-state index contributed by atoms with van der Waals surface area (Å²) < 4.78 is 28.2. The highest BCUT2D eigenvalue weighted by atomic mass is 35.7. The van der Waals surface area contributed by atoms with Crippen molar-refractivity contribution < 1.29 is 17.9 Å². The molecule has 0 unspecified atom stereocenters. The molecular weight excluding hydrogens is 268 g/mol. The maximum absolute atomic E-state index is 11.4. The number of carbonyl (C=O) groups is 1. The number of hydrogen-bond donors (Lipinski definition) is 1. The van der Waals surface area contributed by atoms with Crippen LogP contribution in [0.4, 0.5) is 4.79 Å². The Labute approximate surface area is 106 Å². The van der Waals surface area contributed by atoms with E-state index in [4.69, 9.17) is 15.4 Å². The molecule has 1 atom stereocenters. The van der Waals surface area contributed by atoms with Crippen LogP contribution in [-0.2, 0) is 14.0 Å². The molecule has 1 heterocycles. The van der Waals surface area contributed by atoms with Crippen molar-refractivity contribution in [3.05, 3.63) is 0 Å². The SMILES string of the molecule is CC(C)(C)NC(=O)O[C@@H]1CCN(S(=O)(=O)Cl)C1. The summed E-state index contributed by atoms with van der Waals surface area (Å²) >= 11 is 0. The van der Waals surface area contributed by atoms with Crippen molar-refractivity contribution in [1.82, 2.24) is 9.62 Å². The van der Waals surface area contributed by atoms with Gasteiger partial charge in [0.1, 0.15) is 6.10 Å². The summed E-state index contributed by atoms with van der Waals surface area (Å²) in [6.07, 6.45) is -0.522. The van der Waals surface area contributed by atoms with E-state index in [2.05, 4.69) is 5.32 Å². The fourth-order valence-corrected chi connectivity index (χ4v) is 2.52. The number of rotatable bonds is 2. The third-order valence-electron chi connectivity index (χ3n) is 2.17. The Kier molecular flexibility index (Phi) is 4.27. The molecular formula is C9H17ClN2O4S. The molecule has 0 bridgehead atoms. The van der Waals surface area contributed by atoms with E-state index in [0.29, 0.717) is 6.42 Å². The molecule has 0 aromatic rings. The fourth-order valence-electron chi connectivity index (χ4n) is 1.48. The molecule has 0 aromatic carbocycles. The Morgan fingerprint density at radius 3 is 2.47 bits per heavy atom. The molecule has 8 heteroatoms. The number of alkyl carbamates (subject to hydrolysis) is 1. The smallest absolute Gasteiger partial charge is 0.407 e. The molecule has 100 valence electrons. The second kappa shape index (κ2) is 4.99. The van der Waals surface area contributed by atoms with Gasteiger partial charge in [-0.15, -0.1) is 0 Å². The zero-order chi connectivity index (χ0) is 13.3. The molecule has 0 aromatic heterocycles. The van der Waals surface area contributed by atoms with E-state index in [-0.39, 0.29) is 18.6 Å². The van der Waals surface area contributed by atoms with Gasteiger partial charge < -0.3 is 10.1 Å². The van der Waals surface area contributed by atoms with Crippen molar-refractivity contribution in [2.24, 2.45) is 0 Å². The van der Waals surface area contributed by atoms with Gasteiger partial charge in [0.05, 0.1) is 6.54 Å². The molecule has 0 saturated carbocycles. The van der Waals surface area contributed by atoms with Crippen LogP contribution in [0.25, 0.3) is 0 Å². The van der Waals surface area contributed by atoms with Gasteiger partial charge in [0, 0.05) is 22.8 Å². The molecule has 1 amide bonds. The largest absolute Gasteiger partial charge is 0.445 e. The first-order chi connectivity index (χ1) is 7.58. The fraction of sp³-hybridized carbons (Fsp3) is 0.889. The molecule has 1 aliphatic heterocycles. The van der Waals surface area contributed by atoms with Gasteiger partial charge in [-0.25, -0.2) is 4.79 Å². The zero-order valence-corrected chi connectivity index (χ0v) is 11.6. The Morgan fingerprint density at radius 1 is 1.47 bits per heavy atom. The number of ether oxygens (including phenoxy) is 1. The second-order valence-corrected chi connectivity index (χ2v) is 7.50. The van der Waals surface area contributed by atoms with Crippen molar-refractivity contribution in [3.63, 3.8) is 0 Å². The van der Waals surface area contributed by atoms with Gasteiger partial charge >= 0.3 is 6.09 Å². The van der Waals surface area contributed by atoms with E-state index < -0.39 is 21.4 Å². The lowest BCUT2D eigenvalue weighted by atomic mass is 10.1. The van der Waals surface area contributed by atoms with Crippen LogP contribution in [-0.4, -0.2) is 43.5 Å². The summed E-state index contributed by atoms with van der Waals surface area (Å²) in [6, 6.07) is 0. The van der Waals surface area contributed by atoms with E-state index in [1.807, 2.05) is 20.8 Å². The third-order valence-corrected chi connectivity index (χ3v) is 3.70. The molecule has 1 saturated heterocycles. The molecule has 17 heavy (non-hydrogen) atoms. The van der Waals surface area contributed by atoms with E-state index >= 15 is 0 Å². The van der Waals surface area contributed by atoms with Gasteiger partial charge in [0.15, 0.2) is 0 Å². The number of carbonyl (C=O) groups excluding carboxylic acids is 1. The summed E-state index contributed by atoms with van der Waals surface area (Å²) in [7, 11) is 1.48. The minimum atomic E-state index is -3.71. The summed E-state index contributed by atoms with van der Waals surface area (Å²) in [6.45, 7) is 5.89. The maximum atomic E-state index is 11.4. The van der Waals surface area contributed by atoms with Crippen LogP contribution in [0, 0.1) is 0 Å². The van der Waals surface area contributed by atoms with Crippen LogP contribution in [0.2, 0.25) is 0 Å². The quantitative estimate of drug-likeness (QED) is 0.770. The molecule has 1 fully saturated rings. The maximum Gasteiger partial charge on any atom is 0.407 e. The van der Waals surface area contributed by atoms with Crippen molar-refractivity contribution >= 4 is 26.0 Å². The zero-order valence-electron chi connectivity index (χ0n) is 10.1. The predicted molar refractivity (Wildman–Crippen MR) is 64.1 cm³/mol. The highest BCUT2D eigenvalue weighted by molar-refractivity contribution is 8.11. The Bertz CT molecular complexity index is 390. The molecule has 1 rings (SSSR count). The standard InChI is InChI=1S/C9H17ClN2O4S/c1-9(2,3)11-8(13)16-7-4-5-12(6-7)17(10,14)15/h7H,4-6H2,1-3H3,(H,11,13)/t7-/m1/s1. The average Bonchev–Trinajstić information content (AvgIpc) is 2.47. The Hall–Kier alpha value is -0.530. The molecule has 0 spiro atoms. The number of nitrogens with one attached hydrogen (secondary N) is 1.